The summed E-state index contributed by atoms with van der Waals surface area (Å²) < 4.78 is 7.67. The Morgan fingerprint density at radius 2 is 2.03 bits per heavy atom. The maximum Gasteiger partial charge on any atom is 0.159 e. The molecule has 0 unspecified atom stereocenters. The molecule has 0 saturated carbocycles. The number of hydrogen-bond donors (Lipinski definition) is 2. The zero-order valence-corrected chi connectivity index (χ0v) is 18.0. The van der Waals surface area contributed by atoms with Crippen molar-refractivity contribution in [2.24, 2.45) is 0 Å². The molecule has 3 saturated heterocycles. The van der Waals surface area contributed by atoms with E-state index in [1.807, 2.05) is 23.9 Å². The topological polar surface area (TPSA) is 88.3 Å². The van der Waals surface area contributed by atoms with Crippen molar-refractivity contribution in [1.29, 1.82) is 0 Å². The third kappa shape index (κ3) is 3.21. The molecule has 3 aliphatic rings. The Balaban J connectivity index is 1.42. The number of anilines is 1. The highest BCUT2D eigenvalue weighted by molar-refractivity contribution is 5.82. The number of β-amino-alcohol motifs (C(OH)–C–C–N with tert-alkyl or cyclic N) is 1. The van der Waals surface area contributed by atoms with Crippen LogP contribution in [0.2, 0.25) is 0 Å². The molecule has 6 rings (SSSR count). The number of ether oxygens (including phenoxy) is 1. The van der Waals surface area contributed by atoms with Gasteiger partial charge in [-0.15, -0.1) is 0 Å². The van der Waals surface area contributed by atoms with Crippen LogP contribution in [0, 0.1) is 13.8 Å². The fraction of sp³-hybridized carbons (Fsp3) is 0.522. The first-order valence-corrected chi connectivity index (χ1v) is 11.2. The van der Waals surface area contributed by atoms with E-state index in [0.717, 1.165) is 60.9 Å². The smallest absolute Gasteiger partial charge is 0.159 e. The van der Waals surface area contributed by atoms with E-state index in [-0.39, 0.29) is 12.0 Å². The van der Waals surface area contributed by atoms with Crippen LogP contribution in [0.15, 0.2) is 24.4 Å². The number of hydrogen-bond acceptors (Lipinski definition) is 7. The number of aromatic nitrogens is 4. The summed E-state index contributed by atoms with van der Waals surface area (Å²) in [6.45, 7) is 7.28. The highest BCUT2D eigenvalue weighted by atomic mass is 16.5. The fourth-order valence-electron chi connectivity index (χ4n) is 5.46. The molecule has 2 N–H and O–H groups in total. The van der Waals surface area contributed by atoms with Crippen molar-refractivity contribution in [1.82, 2.24) is 25.1 Å². The number of morpholine rings is 1. The second-order valence-corrected chi connectivity index (χ2v) is 9.12. The molecule has 162 valence electrons. The van der Waals surface area contributed by atoms with Crippen molar-refractivity contribution >= 4 is 16.7 Å². The maximum atomic E-state index is 10.6. The molecule has 4 atom stereocenters. The van der Waals surface area contributed by atoms with Gasteiger partial charge in [0, 0.05) is 30.5 Å². The highest BCUT2D eigenvalue weighted by Gasteiger charge is 2.39. The van der Waals surface area contributed by atoms with E-state index in [1.165, 1.54) is 11.1 Å². The first kappa shape index (κ1) is 19.2. The van der Waals surface area contributed by atoms with Crippen molar-refractivity contribution in [2.75, 3.05) is 31.1 Å². The summed E-state index contributed by atoms with van der Waals surface area (Å²) in [5, 5.41) is 19.6. The lowest BCUT2D eigenvalue weighted by Gasteiger charge is -2.30. The molecule has 31 heavy (non-hydrogen) atoms. The van der Waals surface area contributed by atoms with Crippen molar-refractivity contribution in [2.45, 2.75) is 50.9 Å². The van der Waals surface area contributed by atoms with Crippen LogP contribution in [-0.4, -0.2) is 69.3 Å². The molecule has 3 fully saturated rings. The third-order valence-corrected chi connectivity index (χ3v) is 7.03. The minimum absolute atomic E-state index is 0.136. The van der Waals surface area contributed by atoms with Crippen LogP contribution in [0.5, 0.6) is 0 Å². The molecule has 2 aromatic heterocycles. The second kappa shape index (κ2) is 7.25. The van der Waals surface area contributed by atoms with Gasteiger partial charge in [0.05, 0.1) is 36.6 Å². The Bertz CT molecular complexity index is 1140. The molecule has 0 radical (unpaired) electrons. The van der Waals surface area contributed by atoms with Gasteiger partial charge >= 0.3 is 0 Å². The molecular formula is C23H28N6O2. The number of aryl methyl sites for hydroxylation is 2. The molecule has 2 bridgehead atoms. The number of piperidine rings is 1. The summed E-state index contributed by atoms with van der Waals surface area (Å²) in [4.78, 5) is 11.8. The summed E-state index contributed by atoms with van der Waals surface area (Å²) in [5.74, 6) is 2.60. The summed E-state index contributed by atoms with van der Waals surface area (Å²) in [6.07, 6.45) is 3.84. The van der Waals surface area contributed by atoms with Gasteiger partial charge in [-0.3, -0.25) is 0 Å². The van der Waals surface area contributed by atoms with Gasteiger partial charge in [0.1, 0.15) is 11.6 Å². The predicted octanol–water partition coefficient (Wildman–Crippen LogP) is 1.85. The van der Waals surface area contributed by atoms with E-state index in [4.69, 9.17) is 14.7 Å². The zero-order valence-electron chi connectivity index (χ0n) is 18.0. The number of fused-ring (bicyclic) bond motifs is 3. The Hall–Kier alpha value is -2.55. The lowest BCUT2D eigenvalue weighted by molar-refractivity contribution is 0.0988. The van der Waals surface area contributed by atoms with Crippen LogP contribution in [0.3, 0.4) is 0 Å². The zero-order chi connectivity index (χ0) is 21.1. The van der Waals surface area contributed by atoms with E-state index in [0.29, 0.717) is 18.7 Å². The fourth-order valence-corrected chi connectivity index (χ4v) is 5.46. The van der Waals surface area contributed by atoms with Crippen LogP contribution in [-0.2, 0) is 4.74 Å². The van der Waals surface area contributed by atoms with Crippen molar-refractivity contribution in [3.63, 3.8) is 0 Å². The lowest BCUT2D eigenvalue weighted by atomic mass is 9.85. The lowest BCUT2D eigenvalue weighted by Crippen LogP contribution is -2.39. The quantitative estimate of drug-likeness (QED) is 0.669. The van der Waals surface area contributed by atoms with Gasteiger partial charge in [0.2, 0.25) is 0 Å². The Morgan fingerprint density at radius 3 is 2.81 bits per heavy atom. The van der Waals surface area contributed by atoms with Crippen LogP contribution < -0.4 is 10.2 Å². The average molecular weight is 421 g/mol. The predicted molar refractivity (Wildman–Crippen MR) is 118 cm³/mol. The van der Waals surface area contributed by atoms with Crippen LogP contribution in [0.25, 0.3) is 16.7 Å². The van der Waals surface area contributed by atoms with Crippen LogP contribution in [0.1, 0.15) is 35.7 Å². The van der Waals surface area contributed by atoms with Crippen LogP contribution in [0.4, 0.5) is 5.82 Å². The normalized spacial score (nSPS) is 28.0. The SMILES string of the molecule is Cc1nc(N2C[C@@H]3C[C@H]2CO3)cc(-n2ncc3cc(C)c([C@@H]4CCNC[C@@H]4O)cc32)n1. The Kier molecular flexibility index (Phi) is 4.48. The van der Waals surface area contributed by atoms with E-state index in [9.17, 15) is 5.11 Å². The van der Waals surface area contributed by atoms with Gasteiger partial charge in [-0.1, -0.05) is 0 Å². The number of aliphatic hydroxyl groups excluding tert-OH is 1. The van der Waals surface area contributed by atoms with Gasteiger partial charge < -0.3 is 20.1 Å². The monoisotopic (exact) mass is 420 g/mol. The maximum absolute atomic E-state index is 10.6. The van der Waals surface area contributed by atoms with Crippen molar-refractivity contribution in [3.05, 3.63) is 41.3 Å². The molecule has 5 heterocycles. The Morgan fingerprint density at radius 1 is 1.16 bits per heavy atom. The molecule has 3 aromatic rings. The van der Waals surface area contributed by atoms with Gasteiger partial charge in [-0.25, -0.2) is 14.6 Å². The molecule has 0 aliphatic carbocycles. The molecule has 8 heteroatoms. The minimum Gasteiger partial charge on any atom is -0.391 e. The summed E-state index contributed by atoms with van der Waals surface area (Å²) >= 11 is 0. The molecule has 0 amide bonds. The van der Waals surface area contributed by atoms with Gasteiger partial charge in [-0.05, 0) is 56.5 Å². The largest absolute Gasteiger partial charge is 0.391 e. The number of benzene rings is 1. The van der Waals surface area contributed by atoms with Crippen molar-refractivity contribution in [3.8, 4) is 5.82 Å². The number of rotatable bonds is 3. The molecule has 8 nitrogen and oxygen atoms in total. The number of nitrogens with one attached hydrogen (secondary N) is 1. The Labute approximate surface area is 181 Å². The number of aliphatic hydroxyl groups is 1. The molecular weight excluding hydrogens is 392 g/mol. The first-order valence-electron chi connectivity index (χ1n) is 11.2. The second-order valence-electron chi connectivity index (χ2n) is 9.12. The third-order valence-electron chi connectivity index (χ3n) is 7.03. The summed E-state index contributed by atoms with van der Waals surface area (Å²) in [5.41, 5.74) is 3.41. The van der Waals surface area contributed by atoms with Gasteiger partial charge in [-0.2, -0.15) is 5.10 Å². The molecule has 0 spiro atoms. The molecule has 1 aromatic carbocycles. The number of nitrogens with zero attached hydrogens (tertiary/aromatic N) is 5. The minimum atomic E-state index is -0.373. The summed E-state index contributed by atoms with van der Waals surface area (Å²) in [6, 6.07) is 6.81. The van der Waals surface area contributed by atoms with E-state index in [1.54, 1.807) is 0 Å². The van der Waals surface area contributed by atoms with Gasteiger partial charge in [0.25, 0.3) is 0 Å². The van der Waals surface area contributed by atoms with E-state index in [2.05, 4.69) is 34.4 Å². The standard InChI is InChI=1S/C23H28N6O2/c1-13-5-15-9-25-29(20(15)7-19(13)18-3-4-24-10-21(18)30)23-8-22(26-14(2)27-23)28-11-17-6-16(28)12-31-17/h5,7-9,16-18,21,24,30H,3-4,6,10-12H2,1-2H3/t16-,17-,18-,21-/m0/s1. The van der Waals surface area contributed by atoms with Crippen LogP contribution >= 0.6 is 0 Å². The van der Waals surface area contributed by atoms with E-state index < -0.39 is 0 Å². The average Bonchev–Trinajstić information content (AvgIpc) is 3.49. The first-order chi connectivity index (χ1) is 15.1. The summed E-state index contributed by atoms with van der Waals surface area (Å²) in [7, 11) is 0. The highest BCUT2D eigenvalue weighted by Crippen LogP contribution is 2.34. The van der Waals surface area contributed by atoms with E-state index >= 15 is 0 Å². The van der Waals surface area contributed by atoms with Gasteiger partial charge in [0.15, 0.2) is 5.82 Å². The van der Waals surface area contributed by atoms with Crippen molar-refractivity contribution < 1.29 is 9.84 Å². The molecule has 3 aliphatic heterocycles.